The molecule has 0 aliphatic rings. The van der Waals surface area contributed by atoms with Crippen molar-refractivity contribution in [3.63, 3.8) is 0 Å². The van der Waals surface area contributed by atoms with Crippen molar-refractivity contribution in [3.8, 4) is 5.75 Å². The number of aromatic nitrogens is 2. The average Bonchev–Trinajstić information content (AvgIpc) is 3.46. The lowest BCUT2D eigenvalue weighted by Gasteiger charge is -2.25. The number of urea groups is 1. The monoisotopic (exact) mass is 620 g/mol. The fourth-order valence-electron chi connectivity index (χ4n) is 3.88. The van der Waals surface area contributed by atoms with Crippen LogP contribution in [0.2, 0.25) is 0 Å². The van der Waals surface area contributed by atoms with Crippen LogP contribution < -0.4 is 10.6 Å². The maximum Gasteiger partial charge on any atom is 0.314 e. The van der Waals surface area contributed by atoms with Crippen molar-refractivity contribution < 1.29 is 33.6 Å². The van der Waals surface area contributed by atoms with Crippen LogP contribution in [0.4, 0.5) is 4.79 Å². The zero-order valence-corrected chi connectivity index (χ0v) is 25.9. The van der Waals surface area contributed by atoms with Gasteiger partial charge in [0.15, 0.2) is 0 Å². The number of phenols is 1. The minimum Gasteiger partial charge on any atom is -0.508 e. The van der Waals surface area contributed by atoms with Crippen molar-refractivity contribution in [2.75, 3.05) is 99.8 Å². The van der Waals surface area contributed by atoms with Gasteiger partial charge in [-0.25, -0.2) is 9.78 Å². The SMILES string of the molecule is CN(C)[C@H](CNC(=O)NCCc1cn(CCOCCOCCOCCOCCOCCN=[N+]=[N-])cn1)Cc1ccc(O)cc1. The normalized spacial score (nSPS) is 11.8. The number of phenolic OH excluding ortho intramolecular Hbond substituents is 1. The van der Waals surface area contributed by atoms with Crippen LogP contribution in [-0.2, 0) is 43.1 Å². The number of hydrogen-bond acceptors (Lipinski definition) is 10. The zero-order chi connectivity index (χ0) is 31.7. The van der Waals surface area contributed by atoms with Crippen LogP contribution in [0.15, 0.2) is 41.9 Å². The molecular formula is C29H48N8O7. The molecule has 1 atom stereocenters. The Bertz CT molecular complexity index is 1060. The number of nitrogens with zero attached hydrogens (tertiary/aromatic N) is 6. The number of carbonyl (C=O) groups is 1. The van der Waals surface area contributed by atoms with Crippen molar-refractivity contribution >= 4 is 6.03 Å². The minimum absolute atomic E-state index is 0.126. The Balaban J connectivity index is 1.41. The summed E-state index contributed by atoms with van der Waals surface area (Å²) in [7, 11) is 3.97. The summed E-state index contributed by atoms with van der Waals surface area (Å²) in [4.78, 5) is 21.4. The van der Waals surface area contributed by atoms with Crippen molar-refractivity contribution in [2.24, 2.45) is 5.11 Å². The topological polar surface area (TPSA) is 177 Å². The van der Waals surface area contributed by atoms with Crippen molar-refractivity contribution in [1.82, 2.24) is 25.1 Å². The molecule has 0 spiro atoms. The molecule has 1 aromatic carbocycles. The van der Waals surface area contributed by atoms with Gasteiger partial charge in [-0.3, -0.25) is 0 Å². The first kappa shape index (κ1) is 36.8. The first-order chi connectivity index (χ1) is 21.5. The number of benzene rings is 1. The van der Waals surface area contributed by atoms with E-state index < -0.39 is 0 Å². The largest absolute Gasteiger partial charge is 0.508 e. The lowest BCUT2D eigenvalue weighted by atomic mass is 10.1. The molecule has 246 valence electrons. The summed E-state index contributed by atoms with van der Waals surface area (Å²) in [5.41, 5.74) is 10.1. The number of hydrogen-bond donors (Lipinski definition) is 3. The maximum absolute atomic E-state index is 12.3. The van der Waals surface area contributed by atoms with Gasteiger partial charge in [0.1, 0.15) is 5.75 Å². The second-order valence-electron chi connectivity index (χ2n) is 9.99. The lowest BCUT2D eigenvalue weighted by Crippen LogP contribution is -2.45. The third-order valence-corrected chi connectivity index (χ3v) is 6.37. The van der Waals surface area contributed by atoms with Crippen LogP contribution in [0.5, 0.6) is 5.75 Å². The molecule has 0 unspecified atom stereocenters. The van der Waals surface area contributed by atoms with E-state index in [1.165, 1.54) is 0 Å². The van der Waals surface area contributed by atoms with Gasteiger partial charge in [-0.1, -0.05) is 17.2 Å². The van der Waals surface area contributed by atoms with Crippen LogP contribution >= 0.6 is 0 Å². The molecule has 3 N–H and O–H groups in total. The van der Waals surface area contributed by atoms with Gasteiger partial charge < -0.3 is 48.9 Å². The van der Waals surface area contributed by atoms with Crippen LogP contribution in [-0.4, -0.2) is 131 Å². The number of rotatable bonds is 26. The van der Waals surface area contributed by atoms with Gasteiger partial charge >= 0.3 is 6.03 Å². The van der Waals surface area contributed by atoms with Crippen LogP contribution in [0.1, 0.15) is 11.3 Å². The molecule has 1 heterocycles. The Morgan fingerprint density at radius 2 is 1.55 bits per heavy atom. The van der Waals surface area contributed by atoms with Gasteiger partial charge in [0.2, 0.25) is 0 Å². The van der Waals surface area contributed by atoms with Gasteiger partial charge in [-0.15, -0.1) is 0 Å². The van der Waals surface area contributed by atoms with Crippen LogP contribution in [0.3, 0.4) is 0 Å². The van der Waals surface area contributed by atoms with Gasteiger partial charge in [-0.05, 0) is 43.7 Å². The predicted octanol–water partition coefficient (Wildman–Crippen LogP) is 2.00. The van der Waals surface area contributed by atoms with E-state index in [4.69, 9.17) is 29.2 Å². The maximum atomic E-state index is 12.3. The van der Waals surface area contributed by atoms with Crippen molar-refractivity contribution in [1.29, 1.82) is 0 Å². The van der Waals surface area contributed by atoms with E-state index in [1.54, 1.807) is 18.5 Å². The Morgan fingerprint density at radius 1 is 0.955 bits per heavy atom. The second kappa shape index (κ2) is 24.0. The highest BCUT2D eigenvalue weighted by molar-refractivity contribution is 5.73. The fraction of sp³-hybridized carbons (Fsp3) is 0.655. The molecule has 2 aromatic rings. The second-order valence-corrected chi connectivity index (χ2v) is 9.99. The van der Waals surface area contributed by atoms with Gasteiger partial charge in [-0.2, -0.15) is 0 Å². The molecule has 15 heteroatoms. The third kappa shape index (κ3) is 18.3. The van der Waals surface area contributed by atoms with Crippen molar-refractivity contribution in [2.45, 2.75) is 25.4 Å². The van der Waals surface area contributed by atoms with Crippen molar-refractivity contribution in [3.05, 3.63) is 58.5 Å². The fourth-order valence-corrected chi connectivity index (χ4v) is 3.88. The number of imidazole rings is 1. The number of aromatic hydroxyl groups is 1. The standard InChI is InChI=1S/C29H48N8O7/c1-36(2)27(21-25-3-5-28(38)6-4-25)22-32-29(39)31-8-7-26-23-37(24-33-26)10-12-41-14-16-43-18-20-44-19-17-42-15-13-40-11-9-34-35-30/h3-6,23-24,27,38H,7-22H2,1-2H3,(H2,31,32,39)/t27-/m0/s1. The number of carbonyl (C=O) groups excluding carboxylic acids is 1. The Kier molecular flexibility index (Phi) is 20.0. The van der Waals surface area contributed by atoms with Crippen LogP contribution in [0, 0.1) is 0 Å². The number of amides is 2. The molecule has 0 saturated heterocycles. The molecule has 0 aliphatic heterocycles. The van der Waals surface area contributed by atoms with Crippen LogP contribution in [0.25, 0.3) is 10.4 Å². The minimum atomic E-state index is -0.211. The highest BCUT2D eigenvalue weighted by Crippen LogP contribution is 2.12. The van der Waals surface area contributed by atoms with E-state index in [0.717, 1.165) is 17.7 Å². The number of ether oxygens (including phenoxy) is 5. The van der Waals surface area contributed by atoms with Gasteiger partial charge in [0.25, 0.3) is 0 Å². The molecule has 0 radical (unpaired) electrons. The molecule has 0 aliphatic carbocycles. The Hall–Kier alpha value is -3.43. The number of nitrogens with one attached hydrogen (secondary N) is 2. The summed E-state index contributed by atoms with van der Waals surface area (Å²) < 4.78 is 29.1. The number of likely N-dealkylation sites (N-methyl/N-ethyl adjacent to an activating group) is 1. The van der Waals surface area contributed by atoms with E-state index in [9.17, 15) is 9.90 Å². The summed E-state index contributed by atoms with van der Waals surface area (Å²) in [5.74, 6) is 0.242. The van der Waals surface area contributed by atoms with E-state index >= 15 is 0 Å². The molecule has 44 heavy (non-hydrogen) atoms. The summed E-state index contributed by atoms with van der Waals surface area (Å²) in [6.07, 6.45) is 5.11. The molecule has 0 fully saturated rings. The molecule has 2 rings (SSSR count). The first-order valence-electron chi connectivity index (χ1n) is 14.8. The molecule has 1 aromatic heterocycles. The summed E-state index contributed by atoms with van der Waals surface area (Å²) in [6, 6.07) is 7.05. The average molecular weight is 621 g/mol. The van der Waals surface area contributed by atoms with E-state index in [2.05, 4.69) is 30.5 Å². The predicted molar refractivity (Wildman–Crippen MR) is 165 cm³/mol. The lowest BCUT2D eigenvalue weighted by molar-refractivity contribution is -0.0109. The summed E-state index contributed by atoms with van der Waals surface area (Å²) in [5, 5.41) is 18.7. The smallest absolute Gasteiger partial charge is 0.314 e. The first-order valence-corrected chi connectivity index (χ1v) is 14.8. The highest BCUT2D eigenvalue weighted by Gasteiger charge is 2.14. The zero-order valence-electron chi connectivity index (χ0n) is 25.9. The van der Waals surface area contributed by atoms with E-state index in [-0.39, 0.29) is 17.8 Å². The summed E-state index contributed by atoms with van der Waals surface area (Å²) in [6.45, 7) is 6.74. The summed E-state index contributed by atoms with van der Waals surface area (Å²) >= 11 is 0. The Labute approximate surface area is 259 Å². The highest BCUT2D eigenvalue weighted by atomic mass is 16.6. The Morgan fingerprint density at radius 3 is 2.14 bits per heavy atom. The quantitative estimate of drug-likeness (QED) is 0.0614. The van der Waals surface area contributed by atoms with E-state index in [0.29, 0.717) is 98.7 Å². The van der Waals surface area contributed by atoms with E-state index in [1.807, 2.05) is 37.0 Å². The molecule has 15 nitrogen and oxygen atoms in total. The molecule has 0 bridgehead atoms. The molecular weight excluding hydrogens is 572 g/mol. The number of azide groups is 1. The van der Waals surface area contributed by atoms with Gasteiger partial charge in [0.05, 0.1) is 78.1 Å². The molecule has 0 saturated carbocycles. The molecule has 2 amide bonds. The third-order valence-electron chi connectivity index (χ3n) is 6.37. The van der Waals surface area contributed by atoms with Gasteiger partial charge in [0, 0.05) is 49.8 Å².